The summed E-state index contributed by atoms with van der Waals surface area (Å²) < 4.78 is 7.84. The summed E-state index contributed by atoms with van der Waals surface area (Å²) in [5.41, 5.74) is 1.11. The van der Waals surface area contributed by atoms with Crippen LogP contribution in [0.3, 0.4) is 0 Å². The molecular formula is C13H16N4OS. The number of nitrogens with one attached hydrogen (secondary N) is 1. The van der Waals surface area contributed by atoms with Crippen LogP contribution >= 0.6 is 11.7 Å². The number of amides is 2. The van der Waals surface area contributed by atoms with E-state index in [1.165, 1.54) is 0 Å². The van der Waals surface area contributed by atoms with Gasteiger partial charge >= 0.3 is 6.03 Å². The number of hydrogen-bond donors (Lipinski definition) is 1. The van der Waals surface area contributed by atoms with Crippen LogP contribution in [0, 0.1) is 0 Å². The second kappa shape index (κ2) is 6.84. The summed E-state index contributed by atoms with van der Waals surface area (Å²) in [4.78, 5) is 13.9. The van der Waals surface area contributed by atoms with Crippen LogP contribution in [0.2, 0.25) is 0 Å². The summed E-state index contributed by atoms with van der Waals surface area (Å²) >= 11 is 1.08. The van der Waals surface area contributed by atoms with Crippen LogP contribution in [0.1, 0.15) is 18.9 Å². The van der Waals surface area contributed by atoms with Gasteiger partial charge in [-0.15, -0.1) is 0 Å². The molecule has 0 spiro atoms. The molecule has 19 heavy (non-hydrogen) atoms. The van der Waals surface area contributed by atoms with E-state index in [9.17, 15) is 4.79 Å². The van der Waals surface area contributed by atoms with Crippen molar-refractivity contribution in [2.75, 3.05) is 11.9 Å². The van der Waals surface area contributed by atoms with E-state index in [1.54, 1.807) is 11.1 Å². The Bertz CT molecular complexity index is 501. The number of rotatable bonds is 5. The Balaban J connectivity index is 2.00. The number of nitrogens with zero attached hydrogens (tertiary/aromatic N) is 3. The molecule has 1 aromatic heterocycles. The maximum absolute atomic E-state index is 12.2. The van der Waals surface area contributed by atoms with Crippen molar-refractivity contribution in [3.63, 3.8) is 0 Å². The van der Waals surface area contributed by atoms with Crippen molar-refractivity contribution in [3.8, 4) is 0 Å². The molecule has 2 amide bonds. The first-order valence-electron chi connectivity index (χ1n) is 6.17. The average molecular weight is 276 g/mol. The molecule has 0 saturated heterocycles. The van der Waals surface area contributed by atoms with E-state index in [0.29, 0.717) is 18.9 Å². The van der Waals surface area contributed by atoms with Gasteiger partial charge in [-0.1, -0.05) is 37.3 Å². The molecule has 1 aromatic carbocycles. The van der Waals surface area contributed by atoms with Gasteiger partial charge in [0.15, 0.2) is 5.82 Å². The third-order valence-corrected chi connectivity index (χ3v) is 3.07. The van der Waals surface area contributed by atoms with Gasteiger partial charge in [-0.2, -0.15) is 8.75 Å². The summed E-state index contributed by atoms with van der Waals surface area (Å²) in [6, 6.07) is 9.80. The van der Waals surface area contributed by atoms with E-state index in [0.717, 1.165) is 23.7 Å². The fraction of sp³-hybridized carbons (Fsp3) is 0.308. The van der Waals surface area contributed by atoms with Crippen LogP contribution < -0.4 is 5.32 Å². The van der Waals surface area contributed by atoms with Gasteiger partial charge in [0.05, 0.1) is 17.9 Å². The molecule has 0 aliphatic heterocycles. The van der Waals surface area contributed by atoms with Crippen LogP contribution in [0.15, 0.2) is 36.5 Å². The van der Waals surface area contributed by atoms with Gasteiger partial charge in [0.1, 0.15) is 0 Å². The molecule has 0 atom stereocenters. The monoisotopic (exact) mass is 276 g/mol. The SMILES string of the molecule is CCCN(Cc1ccccc1)C(=O)Nc1cnsn1. The molecular weight excluding hydrogens is 260 g/mol. The minimum atomic E-state index is -0.140. The van der Waals surface area contributed by atoms with Crippen molar-refractivity contribution in [2.45, 2.75) is 19.9 Å². The number of urea groups is 1. The number of hydrogen-bond acceptors (Lipinski definition) is 4. The number of aromatic nitrogens is 2. The Hall–Kier alpha value is -1.95. The first-order valence-corrected chi connectivity index (χ1v) is 6.90. The van der Waals surface area contributed by atoms with Gasteiger partial charge in [0.2, 0.25) is 0 Å². The zero-order valence-electron chi connectivity index (χ0n) is 10.7. The summed E-state index contributed by atoms with van der Waals surface area (Å²) in [6.07, 6.45) is 2.46. The van der Waals surface area contributed by atoms with Crippen LogP contribution in [0.5, 0.6) is 0 Å². The summed E-state index contributed by atoms with van der Waals surface area (Å²) in [6.45, 7) is 3.35. The standard InChI is InChI=1S/C13H16N4OS/c1-2-8-17(10-11-6-4-3-5-7-11)13(18)15-12-9-14-19-16-12/h3-7,9H,2,8,10H2,1H3,(H,15,16,18). The van der Waals surface area contributed by atoms with Gasteiger partial charge in [-0.05, 0) is 12.0 Å². The minimum Gasteiger partial charge on any atom is -0.320 e. The lowest BCUT2D eigenvalue weighted by atomic mass is 10.2. The predicted molar refractivity (Wildman–Crippen MR) is 76.1 cm³/mol. The van der Waals surface area contributed by atoms with E-state index in [2.05, 4.69) is 21.0 Å². The molecule has 0 aliphatic rings. The molecule has 100 valence electrons. The van der Waals surface area contributed by atoms with Gasteiger partial charge < -0.3 is 4.90 Å². The number of carbonyl (C=O) groups is 1. The average Bonchev–Trinajstić information content (AvgIpc) is 2.92. The van der Waals surface area contributed by atoms with E-state index in [4.69, 9.17) is 0 Å². The zero-order chi connectivity index (χ0) is 13.5. The third kappa shape index (κ3) is 4.03. The number of carbonyl (C=O) groups excluding carboxylic acids is 1. The lowest BCUT2D eigenvalue weighted by molar-refractivity contribution is 0.209. The van der Waals surface area contributed by atoms with Gasteiger partial charge in [-0.25, -0.2) is 4.79 Å². The van der Waals surface area contributed by atoms with E-state index < -0.39 is 0 Å². The van der Waals surface area contributed by atoms with Crippen molar-refractivity contribution in [3.05, 3.63) is 42.1 Å². The first-order chi connectivity index (χ1) is 9.29. The Kier molecular flexibility index (Phi) is 4.85. The smallest absolute Gasteiger partial charge is 0.320 e. The number of anilines is 1. The first kappa shape index (κ1) is 13.5. The lowest BCUT2D eigenvalue weighted by Gasteiger charge is -2.22. The van der Waals surface area contributed by atoms with Crippen molar-refractivity contribution in [2.24, 2.45) is 0 Å². The van der Waals surface area contributed by atoms with Crippen molar-refractivity contribution in [1.29, 1.82) is 0 Å². The topological polar surface area (TPSA) is 58.1 Å². The van der Waals surface area contributed by atoms with E-state index in [1.807, 2.05) is 30.3 Å². The highest BCUT2D eigenvalue weighted by Crippen LogP contribution is 2.09. The quantitative estimate of drug-likeness (QED) is 0.913. The summed E-state index contributed by atoms with van der Waals surface area (Å²) in [5.74, 6) is 0.504. The highest BCUT2D eigenvalue weighted by Gasteiger charge is 2.14. The fourth-order valence-corrected chi connectivity index (χ4v) is 2.11. The molecule has 2 aromatic rings. The van der Waals surface area contributed by atoms with E-state index in [-0.39, 0.29) is 6.03 Å². The van der Waals surface area contributed by atoms with Crippen LogP contribution in [0.25, 0.3) is 0 Å². The Labute approximate surface area is 116 Å². The zero-order valence-corrected chi connectivity index (χ0v) is 11.6. The van der Waals surface area contributed by atoms with Crippen molar-refractivity contribution >= 4 is 23.6 Å². The Morgan fingerprint density at radius 2 is 2.16 bits per heavy atom. The molecule has 1 heterocycles. The molecule has 5 nitrogen and oxygen atoms in total. The molecule has 0 unspecified atom stereocenters. The molecule has 0 aliphatic carbocycles. The third-order valence-electron chi connectivity index (χ3n) is 2.59. The fourth-order valence-electron chi connectivity index (χ4n) is 1.73. The van der Waals surface area contributed by atoms with Gasteiger partial charge in [-0.3, -0.25) is 5.32 Å². The van der Waals surface area contributed by atoms with Crippen molar-refractivity contribution in [1.82, 2.24) is 13.6 Å². The molecule has 2 rings (SSSR count). The molecule has 0 bridgehead atoms. The number of benzene rings is 1. The molecule has 0 saturated carbocycles. The lowest BCUT2D eigenvalue weighted by Crippen LogP contribution is -2.35. The normalized spacial score (nSPS) is 10.2. The van der Waals surface area contributed by atoms with Crippen LogP contribution in [0.4, 0.5) is 10.6 Å². The van der Waals surface area contributed by atoms with Gasteiger partial charge in [0, 0.05) is 13.1 Å². The van der Waals surface area contributed by atoms with Crippen LogP contribution in [-0.4, -0.2) is 26.2 Å². The van der Waals surface area contributed by atoms with Crippen LogP contribution in [-0.2, 0) is 6.54 Å². The summed E-state index contributed by atoms with van der Waals surface area (Å²) in [5, 5.41) is 2.75. The largest absolute Gasteiger partial charge is 0.323 e. The second-order valence-corrected chi connectivity index (χ2v) is 4.69. The van der Waals surface area contributed by atoms with Crippen molar-refractivity contribution < 1.29 is 4.79 Å². The molecule has 1 N–H and O–H groups in total. The second-order valence-electron chi connectivity index (χ2n) is 4.13. The molecule has 0 fully saturated rings. The summed E-state index contributed by atoms with van der Waals surface area (Å²) in [7, 11) is 0. The highest BCUT2D eigenvalue weighted by atomic mass is 32.1. The molecule has 0 radical (unpaired) electrons. The maximum Gasteiger partial charge on any atom is 0.323 e. The van der Waals surface area contributed by atoms with E-state index >= 15 is 0 Å². The Morgan fingerprint density at radius 1 is 1.37 bits per heavy atom. The van der Waals surface area contributed by atoms with Gasteiger partial charge in [0.25, 0.3) is 0 Å². The highest BCUT2D eigenvalue weighted by molar-refractivity contribution is 6.99. The maximum atomic E-state index is 12.2. The Morgan fingerprint density at radius 3 is 2.79 bits per heavy atom. The molecule has 6 heteroatoms. The minimum absolute atomic E-state index is 0.140. The predicted octanol–water partition coefficient (Wildman–Crippen LogP) is 2.98.